The number of phenols is 1. The maximum Gasteiger partial charge on any atom is 0.296 e. The van der Waals surface area contributed by atoms with Gasteiger partial charge in [0, 0.05) is 26.2 Å². The Bertz CT molecular complexity index is 970. The third-order valence-electron chi connectivity index (χ3n) is 6.66. The molecule has 2 saturated heterocycles. The monoisotopic (exact) mass is 367 g/mol. The first-order chi connectivity index (χ1) is 13.0. The largest absolute Gasteiger partial charge is 0.507 e. The molecule has 0 spiro atoms. The second-order valence-corrected chi connectivity index (χ2v) is 8.17. The van der Waals surface area contributed by atoms with Crippen molar-refractivity contribution in [2.45, 2.75) is 31.7 Å². The summed E-state index contributed by atoms with van der Waals surface area (Å²) in [5.74, 6) is 1.73. The van der Waals surface area contributed by atoms with E-state index < -0.39 is 0 Å². The molecule has 2 atom stereocenters. The molecule has 0 saturated carbocycles. The van der Waals surface area contributed by atoms with Gasteiger partial charge in [0.1, 0.15) is 5.75 Å². The number of likely N-dealkylation sites (N-methyl/N-ethyl adjacent to an activating group) is 1. The normalized spacial score (nSPS) is 24.4. The SMILES string of the molecule is CN1CCC2CCN(c3nnc(-c4ccc5c(c4O)CC5)n(C)c3=O)C2C1. The van der Waals surface area contributed by atoms with Crippen molar-refractivity contribution in [3.63, 3.8) is 0 Å². The van der Waals surface area contributed by atoms with Crippen molar-refractivity contribution in [3.05, 3.63) is 33.6 Å². The molecule has 3 aliphatic rings. The van der Waals surface area contributed by atoms with Crippen LogP contribution in [0.5, 0.6) is 5.75 Å². The van der Waals surface area contributed by atoms with Gasteiger partial charge in [-0.25, -0.2) is 0 Å². The summed E-state index contributed by atoms with van der Waals surface area (Å²) in [5, 5.41) is 19.3. The number of hydrogen-bond donors (Lipinski definition) is 1. The van der Waals surface area contributed by atoms with Crippen molar-refractivity contribution in [1.29, 1.82) is 0 Å². The first kappa shape index (κ1) is 16.7. The standard InChI is InChI=1S/C20H25N5O2/c1-23-9-7-13-8-10-25(16(13)11-23)19-20(27)24(2)18(21-22-19)15-6-4-12-3-5-14(12)17(15)26/h4,6,13,16,26H,3,5,7-11H2,1-2H3. The molecule has 2 aromatic rings. The number of likely N-dealkylation sites (tertiary alicyclic amines) is 1. The second-order valence-electron chi connectivity index (χ2n) is 8.17. The van der Waals surface area contributed by atoms with E-state index in [1.54, 1.807) is 7.05 Å². The van der Waals surface area contributed by atoms with Crippen LogP contribution in [-0.2, 0) is 19.9 Å². The number of rotatable bonds is 2. The van der Waals surface area contributed by atoms with E-state index in [9.17, 15) is 9.90 Å². The number of fused-ring (bicyclic) bond motifs is 2. The Balaban J connectivity index is 1.53. The molecule has 2 aliphatic heterocycles. The lowest BCUT2D eigenvalue weighted by atomic mass is 9.86. The summed E-state index contributed by atoms with van der Waals surface area (Å²) >= 11 is 0. The molecule has 0 amide bonds. The van der Waals surface area contributed by atoms with Crippen LogP contribution in [-0.4, -0.2) is 57.5 Å². The van der Waals surface area contributed by atoms with Crippen LogP contribution in [0.2, 0.25) is 0 Å². The van der Waals surface area contributed by atoms with Gasteiger partial charge in [-0.3, -0.25) is 9.36 Å². The summed E-state index contributed by atoms with van der Waals surface area (Å²) in [6.45, 7) is 2.94. The highest BCUT2D eigenvalue weighted by molar-refractivity contribution is 5.69. The lowest BCUT2D eigenvalue weighted by Gasteiger charge is -2.36. The number of anilines is 1. The molecule has 0 bridgehead atoms. The van der Waals surface area contributed by atoms with Crippen LogP contribution in [0.25, 0.3) is 11.4 Å². The fraction of sp³-hybridized carbons (Fsp3) is 0.550. The van der Waals surface area contributed by atoms with Crippen molar-refractivity contribution >= 4 is 5.82 Å². The highest BCUT2D eigenvalue weighted by atomic mass is 16.3. The molecular weight excluding hydrogens is 342 g/mol. The van der Waals surface area contributed by atoms with Crippen LogP contribution in [0.4, 0.5) is 5.82 Å². The quantitative estimate of drug-likeness (QED) is 0.859. The lowest BCUT2D eigenvalue weighted by molar-refractivity contribution is 0.207. The van der Waals surface area contributed by atoms with Gasteiger partial charge in [0.15, 0.2) is 5.82 Å². The molecule has 7 heteroatoms. The molecule has 142 valence electrons. The van der Waals surface area contributed by atoms with Crippen LogP contribution in [0.3, 0.4) is 0 Å². The molecule has 1 aromatic heterocycles. The van der Waals surface area contributed by atoms with Gasteiger partial charge < -0.3 is 14.9 Å². The summed E-state index contributed by atoms with van der Waals surface area (Å²) in [5.41, 5.74) is 2.59. The smallest absolute Gasteiger partial charge is 0.296 e. The number of piperidine rings is 1. The summed E-state index contributed by atoms with van der Waals surface area (Å²) in [6, 6.07) is 4.19. The van der Waals surface area contributed by atoms with Crippen LogP contribution >= 0.6 is 0 Å². The van der Waals surface area contributed by atoms with E-state index in [4.69, 9.17) is 0 Å². The zero-order chi connectivity index (χ0) is 18.7. The van der Waals surface area contributed by atoms with E-state index in [0.29, 0.717) is 29.2 Å². The number of benzene rings is 1. The van der Waals surface area contributed by atoms with E-state index in [1.807, 2.05) is 12.1 Å². The molecule has 27 heavy (non-hydrogen) atoms. The summed E-state index contributed by atoms with van der Waals surface area (Å²) in [6.07, 6.45) is 4.15. The van der Waals surface area contributed by atoms with Crippen LogP contribution < -0.4 is 10.5 Å². The molecular formula is C20H25N5O2. The minimum atomic E-state index is -0.143. The predicted molar refractivity (Wildman–Crippen MR) is 103 cm³/mol. The molecule has 2 unspecified atom stereocenters. The number of nitrogens with zero attached hydrogens (tertiary/aromatic N) is 5. The fourth-order valence-corrected chi connectivity index (χ4v) is 4.88. The summed E-state index contributed by atoms with van der Waals surface area (Å²) in [7, 11) is 3.85. The molecule has 7 nitrogen and oxygen atoms in total. The van der Waals surface area contributed by atoms with Crippen LogP contribution in [0.15, 0.2) is 16.9 Å². The van der Waals surface area contributed by atoms with Gasteiger partial charge in [0.05, 0.1) is 5.56 Å². The maximum absolute atomic E-state index is 13.1. The van der Waals surface area contributed by atoms with Crippen molar-refractivity contribution < 1.29 is 5.11 Å². The Morgan fingerprint density at radius 3 is 2.70 bits per heavy atom. The second kappa shape index (κ2) is 6.05. The number of phenolic OH excluding ortho intramolecular Hbond substituents is 1. The third kappa shape index (κ3) is 2.48. The van der Waals surface area contributed by atoms with Crippen molar-refractivity contribution in [2.24, 2.45) is 13.0 Å². The summed E-state index contributed by atoms with van der Waals surface area (Å²) < 4.78 is 1.53. The van der Waals surface area contributed by atoms with Crippen molar-refractivity contribution in [1.82, 2.24) is 19.7 Å². The summed E-state index contributed by atoms with van der Waals surface area (Å²) in [4.78, 5) is 17.6. The minimum Gasteiger partial charge on any atom is -0.507 e. The molecule has 1 N–H and O–H groups in total. The van der Waals surface area contributed by atoms with E-state index in [-0.39, 0.29) is 11.3 Å². The third-order valence-corrected chi connectivity index (χ3v) is 6.66. The zero-order valence-corrected chi connectivity index (χ0v) is 15.9. The van der Waals surface area contributed by atoms with E-state index >= 15 is 0 Å². The Hall–Kier alpha value is -2.41. The molecule has 2 fully saturated rings. The fourth-order valence-electron chi connectivity index (χ4n) is 4.88. The zero-order valence-electron chi connectivity index (χ0n) is 15.9. The van der Waals surface area contributed by atoms with Gasteiger partial charge >= 0.3 is 0 Å². The topological polar surface area (TPSA) is 74.5 Å². The van der Waals surface area contributed by atoms with E-state index in [2.05, 4.69) is 27.0 Å². The number of aryl methyl sites for hydroxylation is 1. The number of hydrogen-bond acceptors (Lipinski definition) is 6. The first-order valence-corrected chi connectivity index (χ1v) is 9.77. The van der Waals surface area contributed by atoms with E-state index in [0.717, 1.165) is 44.5 Å². The highest BCUT2D eigenvalue weighted by Crippen LogP contribution is 2.38. The first-order valence-electron chi connectivity index (χ1n) is 9.77. The minimum absolute atomic E-state index is 0.143. The maximum atomic E-state index is 13.1. The van der Waals surface area contributed by atoms with Crippen LogP contribution in [0.1, 0.15) is 24.0 Å². The van der Waals surface area contributed by atoms with Gasteiger partial charge in [0.2, 0.25) is 5.82 Å². The van der Waals surface area contributed by atoms with E-state index in [1.165, 1.54) is 16.6 Å². The number of aromatic hydroxyl groups is 1. The average Bonchev–Trinajstić information content (AvgIpc) is 3.02. The average molecular weight is 367 g/mol. The Morgan fingerprint density at radius 1 is 1.11 bits per heavy atom. The molecule has 0 radical (unpaired) electrons. The van der Waals surface area contributed by atoms with Gasteiger partial charge in [-0.15, -0.1) is 10.2 Å². The highest BCUT2D eigenvalue weighted by Gasteiger charge is 2.39. The number of aromatic nitrogens is 3. The van der Waals surface area contributed by atoms with Crippen molar-refractivity contribution in [2.75, 3.05) is 31.6 Å². The van der Waals surface area contributed by atoms with Crippen LogP contribution in [0, 0.1) is 5.92 Å². The Morgan fingerprint density at radius 2 is 1.93 bits per heavy atom. The predicted octanol–water partition coefficient (Wildman–Crippen LogP) is 1.18. The molecule has 1 aliphatic carbocycles. The van der Waals surface area contributed by atoms with Gasteiger partial charge in [-0.2, -0.15) is 0 Å². The van der Waals surface area contributed by atoms with Gasteiger partial charge in [-0.1, -0.05) is 6.07 Å². The Labute approximate surface area is 158 Å². The van der Waals surface area contributed by atoms with Gasteiger partial charge in [-0.05, 0) is 62.4 Å². The lowest BCUT2D eigenvalue weighted by Crippen LogP contribution is -2.48. The molecule has 1 aromatic carbocycles. The Kier molecular flexibility index (Phi) is 3.75. The van der Waals surface area contributed by atoms with Gasteiger partial charge in [0.25, 0.3) is 5.56 Å². The molecule has 5 rings (SSSR count). The molecule has 3 heterocycles. The van der Waals surface area contributed by atoms with Crippen molar-refractivity contribution in [3.8, 4) is 17.1 Å².